The van der Waals surface area contributed by atoms with Gasteiger partial charge in [0.25, 0.3) is 10.0 Å². The van der Waals surface area contributed by atoms with E-state index in [4.69, 9.17) is 16.3 Å². The molecule has 0 aliphatic carbocycles. The Bertz CT molecular complexity index is 1080. The summed E-state index contributed by atoms with van der Waals surface area (Å²) in [5.74, 6) is 0.559. The van der Waals surface area contributed by atoms with Crippen LogP contribution in [0.15, 0.2) is 51.8 Å². The zero-order chi connectivity index (χ0) is 19.8. The normalized spacial score (nSPS) is 12.1. The molecule has 1 aromatic heterocycles. The summed E-state index contributed by atoms with van der Waals surface area (Å²) in [6, 6.07) is 11.7. The molecule has 0 aliphatic heterocycles. The molecule has 0 radical (unpaired) electrons. The van der Waals surface area contributed by atoms with E-state index in [1.807, 2.05) is 19.0 Å². The summed E-state index contributed by atoms with van der Waals surface area (Å²) >= 11 is 9.49. The standard InChI is InChI=1S/C19H20BrClN2O3S/c1-13-19(26-11-10-22(2)3)17-9-6-15(21)12-18(17)23(13)27(24,25)16-7-4-14(20)5-8-16/h4-9,12H,10-11H2,1-3H3. The van der Waals surface area contributed by atoms with Crippen LogP contribution in [0.3, 0.4) is 0 Å². The molecule has 0 fully saturated rings. The molecule has 0 atom stereocenters. The second-order valence-corrected chi connectivity index (χ2v) is 9.59. The predicted molar refractivity (Wildman–Crippen MR) is 112 cm³/mol. The number of hydrogen-bond acceptors (Lipinski definition) is 4. The van der Waals surface area contributed by atoms with Crippen LogP contribution < -0.4 is 4.74 Å². The molecular weight excluding hydrogens is 452 g/mol. The highest BCUT2D eigenvalue weighted by atomic mass is 79.9. The van der Waals surface area contributed by atoms with Crippen molar-refractivity contribution in [3.8, 4) is 5.75 Å². The topological polar surface area (TPSA) is 51.5 Å². The molecule has 0 amide bonds. The Morgan fingerprint density at radius 3 is 2.44 bits per heavy atom. The summed E-state index contributed by atoms with van der Waals surface area (Å²) in [5, 5.41) is 1.18. The van der Waals surface area contributed by atoms with E-state index in [-0.39, 0.29) is 4.90 Å². The lowest BCUT2D eigenvalue weighted by atomic mass is 10.2. The molecule has 2 aromatic carbocycles. The van der Waals surface area contributed by atoms with E-state index in [0.717, 1.165) is 16.4 Å². The molecule has 0 N–H and O–H groups in total. The van der Waals surface area contributed by atoms with Crippen LogP contribution in [0.2, 0.25) is 5.02 Å². The van der Waals surface area contributed by atoms with E-state index < -0.39 is 10.0 Å². The van der Waals surface area contributed by atoms with Gasteiger partial charge in [0, 0.05) is 21.4 Å². The first kappa shape index (κ1) is 20.2. The first-order valence-electron chi connectivity index (χ1n) is 8.31. The first-order valence-corrected chi connectivity index (χ1v) is 10.9. The largest absolute Gasteiger partial charge is 0.490 e. The van der Waals surface area contributed by atoms with E-state index in [1.54, 1.807) is 49.4 Å². The summed E-state index contributed by atoms with van der Waals surface area (Å²) < 4.78 is 34.7. The predicted octanol–water partition coefficient (Wildman–Crippen LogP) is 4.54. The minimum atomic E-state index is -3.80. The number of aromatic nitrogens is 1. The monoisotopic (exact) mass is 470 g/mol. The average Bonchev–Trinajstić information content (AvgIpc) is 2.86. The zero-order valence-electron chi connectivity index (χ0n) is 15.2. The van der Waals surface area contributed by atoms with Crippen LogP contribution in [0.5, 0.6) is 5.75 Å². The fourth-order valence-electron chi connectivity index (χ4n) is 2.87. The maximum absolute atomic E-state index is 13.3. The van der Waals surface area contributed by atoms with E-state index in [0.29, 0.717) is 28.6 Å². The van der Waals surface area contributed by atoms with Crippen LogP contribution in [-0.4, -0.2) is 44.5 Å². The number of nitrogens with zero attached hydrogens (tertiary/aromatic N) is 2. The summed E-state index contributed by atoms with van der Waals surface area (Å²) in [6.07, 6.45) is 0. The second kappa shape index (κ2) is 7.83. The van der Waals surface area contributed by atoms with E-state index >= 15 is 0 Å². The lowest BCUT2D eigenvalue weighted by molar-refractivity contribution is 0.262. The Morgan fingerprint density at radius 2 is 1.81 bits per heavy atom. The number of benzene rings is 2. The van der Waals surface area contributed by atoms with Crippen LogP contribution in [0, 0.1) is 6.92 Å². The highest BCUT2D eigenvalue weighted by Gasteiger charge is 2.26. The number of halogens is 2. The van der Waals surface area contributed by atoms with Crippen molar-refractivity contribution < 1.29 is 13.2 Å². The van der Waals surface area contributed by atoms with Crippen molar-refractivity contribution in [3.05, 3.63) is 57.7 Å². The lowest BCUT2D eigenvalue weighted by Gasteiger charge is -2.12. The highest BCUT2D eigenvalue weighted by molar-refractivity contribution is 9.10. The van der Waals surface area contributed by atoms with Gasteiger partial charge in [0.2, 0.25) is 0 Å². The van der Waals surface area contributed by atoms with Crippen molar-refractivity contribution in [2.45, 2.75) is 11.8 Å². The Morgan fingerprint density at radius 1 is 1.15 bits per heavy atom. The minimum Gasteiger partial charge on any atom is -0.490 e. The van der Waals surface area contributed by atoms with Gasteiger partial charge in [0.15, 0.2) is 0 Å². The van der Waals surface area contributed by atoms with E-state index in [1.165, 1.54) is 3.97 Å². The van der Waals surface area contributed by atoms with Gasteiger partial charge >= 0.3 is 0 Å². The van der Waals surface area contributed by atoms with Crippen LogP contribution in [0.4, 0.5) is 0 Å². The third-order valence-electron chi connectivity index (χ3n) is 4.19. The van der Waals surface area contributed by atoms with Gasteiger partial charge in [-0.05, 0) is 63.5 Å². The molecule has 0 saturated carbocycles. The van der Waals surface area contributed by atoms with Crippen molar-refractivity contribution in [2.24, 2.45) is 0 Å². The highest BCUT2D eigenvalue weighted by Crippen LogP contribution is 2.37. The Kier molecular flexibility index (Phi) is 5.86. The van der Waals surface area contributed by atoms with Crippen LogP contribution in [-0.2, 0) is 10.0 Å². The van der Waals surface area contributed by atoms with Gasteiger partial charge in [-0.15, -0.1) is 0 Å². The van der Waals surface area contributed by atoms with Gasteiger partial charge in [0.1, 0.15) is 12.4 Å². The molecule has 3 rings (SSSR count). The molecule has 0 saturated heterocycles. The molecule has 0 spiro atoms. The third kappa shape index (κ3) is 4.01. The lowest BCUT2D eigenvalue weighted by Crippen LogP contribution is -2.20. The molecule has 5 nitrogen and oxygen atoms in total. The zero-order valence-corrected chi connectivity index (χ0v) is 18.4. The number of ether oxygens (including phenoxy) is 1. The average molecular weight is 472 g/mol. The third-order valence-corrected chi connectivity index (χ3v) is 6.78. The summed E-state index contributed by atoms with van der Waals surface area (Å²) in [4.78, 5) is 2.20. The van der Waals surface area contributed by atoms with Gasteiger partial charge in [-0.2, -0.15) is 0 Å². The number of hydrogen-bond donors (Lipinski definition) is 0. The molecule has 0 aliphatic rings. The van der Waals surface area contributed by atoms with E-state index in [2.05, 4.69) is 15.9 Å². The Balaban J connectivity index is 2.18. The van der Waals surface area contributed by atoms with Gasteiger partial charge in [-0.3, -0.25) is 0 Å². The van der Waals surface area contributed by atoms with Crippen molar-refractivity contribution in [1.82, 2.24) is 8.87 Å². The summed E-state index contributed by atoms with van der Waals surface area (Å²) in [7, 11) is 0.108. The minimum absolute atomic E-state index is 0.200. The molecule has 27 heavy (non-hydrogen) atoms. The van der Waals surface area contributed by atoms with E-state index in [9.17, 15) is 8.42 Å². The molecule has 144 valence electrons. The van der Waals surface area contributed by atoms with Gasteiger partial charge in [0.05, 0.1) is 16.1 Å². The SMILES string of the molecule is Cc1c(OCCN(C)C)c2ccc(Cl)cc2n1S(=O)(=O)c1ccc(Br)cc1. The molecular formula is C19H20BrClN2O3S. The van der Waals surface area contributed by atoms with Gasteiger partial charge in [-0.1, -0.05) is 27.5 Å². The number of rotatable bonds is 6. The molecule has 0 unspecified atom stereocenters. The molecule has 0 bridgehead atoms. The quantitative estimate of drug-likeness (QED) is 0.529. The van der Waals surface area contributed by atoms with Crippen LogP contribution >= 0.6 is 27.5 Å². The van der Waals surface area contributed by atoms with Crippen molar-refractivity contribution in [1.29, 1.82) is 0 Å². The fraction of sp³-hybridized carbons (Fsp3) is 0.263. The number of likely N-dealkylation sites (N-methyl/N-ethyl adjacent to an activating group) is 1. The van der Waals surface area contributed by atoms with Crippen LogP contribution in [0.25, 0.3) is 10.9 Å². The van der Waals surface area contributed by atoms with Crippen molar-refractivity contribution >= 4 is 48.5 Å². The first-order chi connectivity index (χ1) is 12.7. The maximum atomic E-state index is 13.3. The second-order valence-electron chi connectivity index (χ2n) is 6.45. The van der Waals surface area contributed by atoms with Crippen LogP contribution in [0.1, 0.15) is 5.69 Å². The summed E-state index contributed by atoms with van der Waals surface area (Å²) in [5.41, 5.74) is 1.02. The fourth-order valence-corrected chi connectivity index (χ4v) is 4.84. The molecule has 3 aromatic rings. The molecule has 1 heterocycles. The number of fused-ring (bicyclic) bond motifs is 1. The van der Waals surface area contributed by atoms with Crippen molar-refractivity contribution in [2.75, 3.05) is 27.2 Å². The van der Waals surface area contributed by atoms with Gasteiger partial charge in [-0.25, -0.2) is 12.4 Å². The Labute approximate surface area is 172 Å². The van der Waals surface area contributed by atoms with Crippen molar-refractivity contribution in [3.63, 3.8) is 0 Å². The Hall–Kier alpha value is -1.54. The van der Waals surface area contributed by atoms with Gasteiger partial charge < -0.3 is 9.64 Å². The summed E-state index contributed by atoms with van der Waals surface area (Å²) in [6.45, 7) is 2.92. The smallest absolute Gasteiger partial charge is 0.268 e. The molecule has 8 heteroatoms. The maximum Gasteiger partial charge on any atom is 0.268 e.